The number of hydrogen-bond acceptors (Lipinski definition) is 5. The van der Waals surface area contributed by atoms with E-state index < -0.39 is 0 Å². The predicted octanol–water partition coefficient (Wildman–Crippen LogP) is 4.30. The van der Waals surface area contributed by atoms with Gasteiger partial charge in [-0.05, 0) is 51.0 Å². The van der Waals surface area contributed by atoms with Crippen LogP contribution in [0, 0.1) is 20.8 Å². The average Bonchev–Trinajstić information content (AvgIpc) is 3.35. The van der Waals surface area contributed by atoms with Crippen LogP contribution in [-0.4, -0.2) is 35.9 Å². The normalized spacial score (nSPS) is 11.5. The van der Waals surface area contributed by atoms with E-state index in [9.17, 15) is 0 Å². The highest BCUT2D eigenvalue weighted by molar-refractivity contribution is 5.92. The molecule has 0 saturated carbocycles. The van der Waals surface area contributed by atoms with Gasteiger partial charge in [-0.25, -0.2) is 9.97 Å². The molecule has 0 aliphatic carbocycles. The zero-order valence-electron chi connectivity index (χ0n) is 18.7. The minimum atomic E-state index is 0.709. The Morgan fingerprint density at radius 2 is 1.75 bits per heavy atom. The van der Waals surface area contributed by atoms with Gasteiger partial charge in [0.15, 0.2) is 11.5 Å². The zero-order chi connectivity index (χ0) is 22.1. The Hall–Kier alpha value is -3.74. The van der Waals surface area contributed by atoms with Crippen LogP contribution < -0.4 is 5.32 Å². The van der Waals surface area contributed by atoms with E-state index in [1.54, 1.807) is 0 Å². The molecule has 3 aromatic heterocycles. The van der Waals surface area contributed by atoms with Crippen LogP contribution in [0.25, 0.3) is 16.6 Å². The van der Waals surface area contributed by atoms with E-state index in [0.717, 1.165) is 59.2 Å². The highest BCUT2D eigenvalue weighted by Crippen LogP contribution is 2.21. The van der Waals surface area contributed by atoms with Gasteiger partial charge in [0, 0.05) is 30.6 Å². The molecule has 5 rings (SSSR count). The molecule has 0 amide bonds. The van der Waals surface area contributed by atoms with Crippen molar-refractivity contribution in [2.75, 3.05) is 11.9 Å². The molecule has 0 fully saturated rings. The number of fused-ring (bicyclic) bond motifs is 3. The molecule has 0 spiro atoms. The van der Waals surface area contributed by atoms with Crippen LogP contribution in [0.3, 0.4) is 0 Å². The number of nitrogens with one attached hydrogen (secondary N) is 1. The predicted molar refractivity (Wildman–Crippen MR) is 127 cm³/mol. The smallest absolute Gasteiger partial charge is 0.226 e. The van der Waals surface area contributed by atoms with Crippen LogP contribution in [0.1, 0.15) is 28.3 Å². The molecule has 7 nitrogen and oxygen atoms in total. The van der Waals surface area contributed by atoms with Crippen molar-refractivity contribution in [3.8, 4) is 0 Å². The van der Waals surface area contributed by atoms with E-state index in [-0.39, 0.29) is 0 Å². The summed E-state index contributed by atoms with van der Waals surface area (Å²) < 4.78 is 3.85. The van der Waals surface area contributed by atoms with Crippen LogP contribution in [0.2, 0.25) is 0 Å². The molecular weight excluding hydrogens is 398 g/mol. The van der Waals surface area contributed by atoms with Gasteiger partial charge in [0.1, 0.15) is 0 Å². The molecule has 5 aromatic rings. The largest absolute Gasteiger partial charge is 0.354 e. The van der Waals surface area contributed by atoms with Crippen molar-refractivity contribution in [2.24, 2.45) is 0 Å². The van der Waals surface area contributed by atoms with E-state index in [2.05, 4.69) is 54.6 Å². The van der Waals surface area contributed by atoms with Crippen molar-refractivity contribution >= 4 is 22.5 Å². The topological polar surface area (TPSA) is 72.9 Å². The zero-order valence-corrected chi connectivity index (χ0v) is 18.7. The second-order valence-corrected chi connectivity index (χ2v) is 8.28. The van der Waals surface area contributed by atoms with E-state index in [4.69, 9.17) is 15.1 Å². The first-order valence-corrected chi connectivity index (χ1v) is 11.0. The van der Waals surface area contributed by atoms with Gasteiger partial charge >= 0.3 is 0 Å². The number of para-hydroxylation sites is 1. The van der Waals surface area contributed by atoms with E-state index in [1.807, 2.05) is 40.4 Å². The quantitative estimate of drug-likeness (QED) is 0.421. The molecule has 0 aliphatic rings. The molecular formula is C25H27N7. The Kier molecular flexibility index (Phi) is 5.31. The third-order valence-corrected chi connectivity index (χ3v) is 5.65. The van der Waals surface area contributed by atoms with Gasteiger partial charge in [-0.2, -0.15) is 9.61 Å². The van der Waals surface area contributed by atoms with Crippen LogP contribution in [0.4, 0.5) is 5.95 Å². The Morgan fingerprint density at radius 3 is 2.56 bits per heavy atom. The number of anilines is 1. The van der Waals surface area contributed by atoms with Crippen molar-refractivity contribution in [2.45, 2.75) is 40.2 Å². The maximum absolute atomic E-state index is 4.86. The molecule has 0 atom stereocenters. The monoisotopic (exact) mass is 425 g/mol. The maximum Gasteiger partial charge on any atom is 0.226 e. The highest BCUT2D eigenvalue weighted by atomic mass is 15.4. The molecule has 0 aliphatic heterocycles. The third kappa shape index (κ3) is 4.06. The van der Waals surface area contributed by atoms with Crippen molar-refractivity contribution in [1.29, 1.82) is 0 Å². The molecule has 0 radical (unpaired) electrons. The number of benzene rings is 2. The van der Waals surface area contributed by atoms with Crippen molar-refractivity contribution in [3.63, 3.8) is 0 Å². The summed E-state index contributed by atoms with van der Waals surface area (Å²) in [5.74, 6) is 1.51. The first-order valence-electron chi connectivity index (χ1n) is 11.0. The lowest BCUT2D eigenvalue weighted by Gasteiger charge is -2.09. The Morgan fingerprint density at radius 1 is 0.875 bits per heavy atom. The molecule has 0 bridgehead atoms. The minimum Gasteiger partial charge on any atom is -0.354 e. The van der Waals surface area contributed by atoms with Gasteiger partial charge in [-0.15, -0.1) is 5.10 Å². The van der Waals surface area contributed by atoms with Gasteiger partial charge in [0.05, 0.1) is 11.2 Å². The average molecular weight is 426 g/mol. The van der Waals surface area contributed by atoms with Gasteiger partial charge in [-0.3, -0.25) is 4.68 Å². The minimum absolute atomic E-state index is 0.709. The van der Waals surface area contributed by atoms with Gasteiger partial charge in [0.2, 0.25) is 5.95 Å². The van der Waals surface area contributed by atoms with Crippen LogP contribution in [0.5, 0.6) is 0 Å². The Bertz CT molecular complexity index is 1400. The lowest BCUT2D eigenvalue weighted by Crippen LogP contribution is -2.11. The fourth-order valence-electron chi connectivity index (χ4n) is 4.11. The van der Waals surface area contributed by atoms with Crippen molar-refractivity contribution < 1.29 is 0 Å². The first-order chi connectivity index (χ1) is 15.6. The number of rotatable bonds is 7. The lowest BCUT2D eigenvalue weighted by molar-refractivity contribution is 0.581. The molecule has 162 valence electrons. The van der Waals surface area contributed by atoms with Crippen molar-refractivity contribution in [3.05, 3.63) is 82.9 Å². The van der Waals surface area contributed by atoms with Crippen LogP contribution in [0.15, 0.2) is 54.6 Å². The summed E-state index contributed by atoms with van der Waals surface area (Å²) in [5, 5.41) is 13.8. The van der Waals surface area contributed by atoms with E-state index in [1.165, 1.54) is 11.1 Å². The molecule has 32 heavy (non-hydrogen) atoms. The number of nitrogens with zero attached hydrogens (tertiary/aromatic N) is 6. The Labute approximate surface area is 187 Å². The fourth-order valence-corrected chi connectivity index (χ4v) is 4.11. The van der Waals surface area contributed by atoms with Gasteiger partial charge < -0.3 is 5.32 Å². The molecule has 7 heteroatoms. The summed E-state index contributed by atoms with van der Waals surface area (Å²) in [6.07, 6.45) is 1.62. The summed E-state index contributed by atoms with van der Waals surface area (Å²) in [6.45, 7) is 7.72. The second kappa shape index (κ2) is 8.42. The number of aromatic nitrogens is 6. The summed E-state index contributed by atoms with van der Waals surface area (Å²) in [6, 6.07) is 18.8. The van der Waals surface area contributed by atoms with Gasteiger partial charge in [0.25, 0.3) is 0 Å². The second-order valence-electron chi connectivity index (χ2n) is 8.28. The maximum atomic E-state index is 4.86. The summed E-state index contributed by atoms with van der Waals surface area (Å²) in [7, 11) is 0. The molecule has 1 N–H and O–H groups in total. The lowest BCUT2D eigenvalue weighted by atomic mass is 10.1. The SMILES string of the molecule is Cc1cccc(CCNc2nc3ccccc3c3nc(CCn4nc(C)cc4C)nn23)c1. The third-order valence-electron chi connectivity index (χ3n) is 5.65. The van der Waals surface area contributed by atoms with Crippen molar-refractivity contribution in [1.82, 2.24) is 29.4 Å². The summed E-state index contributed by atoms with van der Waals surface area (Å²) in [4.78, 5) is 9.69. The van der Waals surface area contributed by atoms with E-state index in [0.29, 0.717) is 6.42 Å². The molecule has 0 unspecified atom stereocenters. The Balaban J connectivity index is 1.42. The standard InChI is InChI=1S/C25H27N7/c1-17-7-6-8-20(15-17)11-13-26-25-27-22-10-5-4-9-21(22)24-28-23(30-32(24)25)12-14-31-19(3)16-18(2)29-31/h4-10,15-16H,11-14H2,1-3H3,(H,26,27). The molecule has 3 heterocycles. The summed E-state index contributed by atoms with van der Waals surface area (Å²) in [5.41, 5.74) is 6.50. The van der Waals surface area contributed by atoms with Crippen LogP contribution >= 0.6 is 0 Å². The highest BCUT2D eigenvalue weighted by Gasteiger charge is 2.14. The first kappa shape index (κ1) is 20.2. The fraction of sp³-hybridized carbons (Fsp3) is 0.280. The van der Waals surface area contributed by atoms with E-state index >= 15 is 0 Å². The molecule has 0 saturated heterocycles. The number of aryl methyl sites for hydroxylation is 5. The van der Waals surface area contributed by atoms with Crippen LogP contribution in [-0.2, 0) is 19.4 Å². The molecule has 2 aromatic carbocycles. The van der Waals surface area contributed by atoms with Gasteiger partial charge in [-0.1, -0.05) is 42.0 Å². The summed E-state index contributed by atoms with van der Waals surface area (Å²) >= 11 is 0. The number of hydrogen-bond donors (Lipinski definition) is 1.